The number of nitrogens with one attached hydrogen (secondary N) is 1. The van der Waals surface area contributed by atoms with Crippen molar-refractivity contribution in [3.05, 3.63) is 222 Å². The van der Waals surface area contributed by atoms with E-state index >= 15 is 0 Å². The Kier molecular flexibility index (Phi) is 8.15. The summed E-state index contributed by atoms with van der Waals surface area (Å²) in [6.07, 6.45) is 25.8. The highest BCUT2D eigenvalue weighted by Crippen LogP contribution is 2.55. The molecular weight excluding hydrogens is 691 g/mol. The monoisotopic (exact) mass is 733 g/mol. The van der Waals surface area contributed by atoms with Crippen molar-refractivity contribution in [2.45, 2.75) is 24.4 Å². The van der Waals surface area contributed by atoms with E-state index in [2.05, 4.69) is 204 Å². The van der Waals surface area contributed by atoms with Crippen LogP contribution in [0, 0.1) is 5.92 Å². The van der Waals surface area contributed by atoms with E-state index in [1.807, 2.05) is 0 Å². The van der Waals surface area contributed by atoms with Crippen molar-refractivity contribution in [3.63, 3.8) is 0 Å². The fraction of sp³-hybridized carbons (Fsp3) is 0.111. The molecule has 274 valence electrons. The summed E-state index contributed by atoms with van der Waals surface area (Å²) >= 11 is 0. The van der Waals surface area contributed by atoms with Gasteiger partial charge in [0.05, 0.1) is 17.8 Å². The Morgan fingerprint density at radius 1 is 0.684 bits per heavy atom. The molecule has 11 rings (SSSR count). The fourth-order valence-corrected chi connectivity index (χ4v) is 9.92. The predicted octanol–water partition coefficient (Wildman–Crippen LogP) is 12.7. The second-order valence-electron chi connectivity index (χ2n) is 15.7. The number of nitrogens with two attached hydrogens (primary N) is 1. The zero-order valence-electron chi connectivity index (χ0n) is 31.7. The lowest BCUT2D eigenvalue weighted by molar-refractivity contribution is 0.692. The molecule has 0 saturated heterocycles. The molecule has 7 aromatic carbocycles. The Morgan fingerprint density at radius 2 is 1.42 bits per heavy atom. The lowest BCUT2D eigenvalue weighted by Crippen LogP contribution is -2.28. The minimum absolute atomic E-state index is 0.165. The summed E-state index contributed by atoms with van der Waals surface area (Å²) in [4.78, 5) is 2.58. The Labute approximate surface area is 333 Å². The molecule has 3 aliphatic carbocycles. The molecule has 7 aromatic rings. The number of fused-ring (bicyclic) bond motifs is 12. The van der Waals surface area contributed by atoms with Gasteiger partial charge in [-0.2, -0.15) is 0 Å². The molecular formula is C54H43N3. The largest absolute Gasteiger partial charge is 0.381 e. The summed E-state index contributed by atoms with van der Waals surface area (Å²) in [5.74, 6) is 0.634. The second-order valence-corrected chi connectivity index (χ2v) is 15.7. The van der Waals surface area contributed by atoms with Crippen molar-refractivity contribution in [1.82, 2.24) is 5.32 Å². The number of allylic oxidation sites excluding steroid dienone is 9. The van der Waals surface area contributed by atoms with Crippen LogP contribution in [0.3, 0.4) is 0 Å². The van der Waals surface area contributed by atoms with Crippen LogP contribution in [0.25, 0.3) is 48.8 Å². The Hall–Kier alpha value is -6.68. The van der Waals surface area contributed by atoms with Gasteiger partial charge in [0.2, 0.25) is 0 Å². The number of nitrogens with zero attached hydrogens (tertiary/aromatic N) is 1. The van der Waals surface area contributed by atoms with Crippen LogP contribution in [-0.4, -0.2) is 12.6 Å². The van der Waals surface area contributed by atoms with E-state index in [9.17, 15) is 0 Å². The van der Waals surface area contributed by atoms with Gasteiger partial charge in [0.15, 0.2) is 0 Å². The third-order valence-electron chi connectivity index (χ3n) is 12.6. The normalized spacial score (nSPS) is 20.1. The predicted molar refractivity (Wildman–Crippen MR) is 242 cm³/mol. The van der Waals surface area contributed by atoms with E-state index in [1.54, 1.807) is 0 Å². The fourth-order valence-electron chi connectivity index (χ4n) is 9.92. The maximum Gasteiger partial charge on any atom is 0.0630 e. The van der Waals surface area contributed by atoms with Gasteiger partial charge in [0.1, 0.15) is 0 Å². The van der Waals surface area contributed by atoms with Crippen LogP contribution in [-0.2, 0) is 0 Å². The quantitative estimate of drug-likeness (QED) is 0.160. The van der Waals surface area contributed by atoms with Crippen molar-refractivity contribution in [2.75, 3.05) is 11.4 Å². The van der Waals surface area contributed by atoms with Crippen LogP contribution < -0.4 is 16.0 Å². The van der Waals surface area contributed by atoms with Crippen LogP contribution in [0.2, 0.25) is 0 Å². The summed E-state index contributed by atoms with van der Waals surface area (Å²) in [7, 11) is 0. The summed E-state index contributed by atoms with van der Waals surface area (Å²) < 4.78 is 0. The van der Waals surface area contributed by atoms with Gasteiger partial charge in [0, 0.05) is 40.7 Å². The molecule has 0 fully saturated rings. The van der Waals surface area contributed by atoms with E-state index in [-0.39, 0.29) is 18.0 Å². The lowest BCUT2D eigenvalue weighted by Gasteiger charge is -2.29. The number of anilines is 2. The van der Waals surface area contributed by atoms with Crippen molar-refractivity contribution >= 4 is 60.2 Å². The first-order chi connectivity index (χ1) is 28.2. The standard InChI is InChI=1S/C54H43N3/c55-49(33-50(45-25-12-17-36-14-2-5-20-42(36)45)56-34-39-18-11-16-35-13-1-4-19-41(35)39)38-27-30-40(31-28-38)57-51-26-10-9-24-48(51)53-52-43-21-6-3-15-37(43)29-32-46(52)44-22-7-8-23-47(44)54(53)57/h1-18,20-33,41,48-49,51,56H,19,34,55H2/b50-33-. The third-order valence-corrected chi connectivity index (χ3v) is 12.6. The van der Waals surface area contributed by atoms with Gasteiger partial charge >= 0.3 is 0 Å². The van der Waals surface area contributed by atoms with Crippen LogP contribution >= 0.6 is 0 Å². The molecule has 0 amide bonds. The molecule has 3 nitrogen and oxygen atoms in total. The van der Waals surface area contributed by atoms with Crippen molar-refractivity contribution < 1.29 is 0 Å². The van der Waals surface area contributed by atoms with E-state index < -0.39 is 0 Å². The minimum atomic E-state index is -0.318. The maximum absolute atomic E-state index is 7.17. The molecule has 4 aliphatic rings. The van der Waals surface area contributed by atoms with Crippen molar-refractivity contribution in [3.8, 4) is 0 Å². The topological polar surface area (TPSA) is 41.3 Å². The highest BCUT2D eigenvalue weighted by Gasteiger charge is 2.40. The van der Waals surface area contributed by atoms with E-state index in [1.165, 1.54) is 71.2 Å². The molecule has 0 aromatic heterocycles. The molecule has 1 heterocycles. The van der Waals surface area contributed by atoms with E-state index in [0.29, 0.717) is 5.92 Å². The van der Waals surface area contributed by atoms with Crippen LogP contribution in [0.5, 0.6) is 0 Å². The van der Waals surface area contributed by atoms with Gasteiger partial charge < -0.3 is 16.0 Å². The number of hydrogen-bond donors (Lipinski definition) is 2. The number of rotatable bonds is 7. The molecule has 3 heteroatoms. The van der Waals surface area contributed by atoms with Crippen molar-refractivity contribution in [2.24, 2.45) is 11.7 Å². The van der Waals surface area contributed by atoms with Gasteiger partial charge in [-0.3, -0.25) is 0 Å². The molecule has 0 spiro atoms. The highest BCUT2D eigenvalue weighted by molar-refractivity contribution is 6.24. The lowest BCUT2D eigenvalue weighted by atomic mass is 9.82. The first kappa shape index (κ1) is 33.6. The Bertz CT molecular complexity index is 2970. The van der Waals surface area contributed by atoms with Gasteiger partial charge in [0.25, 0.3) is 0 Å². The molecule has 4 atom stereocenters. The Morgan fingerprint density at radius 3 is 2.28 bits per heavy atom. The molecule has 3 N–H and O–H groups in total. The maximum atomic E-state index is 7.17. The molecule has 57 heavy (non-hydrogen) atoms. The average molecular weight is 734 g/mol. The van der Waals surface area contributed by atoms with Crippen molar-refractivity contribution in [1.29, 1.82) is 0 Å². The highest BCUT2D eigenvalue weighted by atomic mass is 15.2. The summed E-state index contributed by atoms with van der Waals surface area (Å²) in [6, 6.07) is 46.4. The molecule has 0 saturated carbocycles. The van der Waals surface area contributed by atoms with Gasteiger partial charge in [-0.15, -0.1) is 0 Å². The molecule has 1 aliphatic heterocycles. The second kappa shape index (κ2) is 13.8. The van der Waals surface area contributed by atoms with E-state index in [4.69, 9.17) is 5.73 Å². The van der Waals surface area contributed by atoms with Crippen LogP contribution in [0.4, 0.5) is 11.4 Å². The van der Waals surface area contributed by atoms with Crippen LogP contribution in [0.15, 0.2) is 205 Å². The zero-order chi connectivity index (χ0) is 37.9. The summed E-state index contributed by atoms with van der Waals surface area (Å²) in [5, 5.41) is 14.2. The third kappa shape index (κ3) is 5.61. The zero-order valence-corrected chi connectivity index (χ0v) is 31.7. The van der Waals surface area contributed by atoms with Gasteiger partial charge in [-0.25, -0.2) is 0 Å². The van der Waals surface area contributed by atoms with Crippen LogP contribution in [0.1, 0.15) is 35.1 Å². The molecule has 0 radical (unpaired) electrons. The number of benzene rings is 7. The summed E-state index contributed by atoms with van der Waals surface area (Å²) in [6.45, 7) is 0.748. The SMILES string of the molecule is NC(/C=C(\NCC1=CC=CC2=CC=CCC21)c1cccc2ccccc12)c1ccc(N2c3c(c4c5ccccc5ccc4c4ccccc34)C3C=CC=CC32)cc1. The number of hydrogen-bond acceptors (Lipinski definition) is 3. The van der Waals surface area contributed by atoms with Gasteiger partial charge in [-0.05, 0) is 84.6 Å². The minimum Gasteiger partial charge on any atom is -0.381 e. The molecule has 0 bridgehead atoms. The van der Waals surface area contributed by atoms with E-state index in [0.717, 1.165) is 29.8 Å². The summed E-state index contributed by atoms with van der Waals surface area (Å²) in [5.41, 5.74) is 17.1. The first-order valence-electron chi connectivity index (χ1n) is 20.2. The first-order valence-corrected chi connectivity index (χ1v) is 20.2. The smallest absolute Gasteiger partial charge is 0.0630 e. The Balaban J connectivity index is 0.990. The average Bonchev–Trinajstić information content (AvgIpc) is 3.63. The van der Waals surface area contributed by atoms with Gasteiger partial charge in [-0.1, -0.05) is 176 Å². The molecule has 4 unspecified atom stereocenters.